The molecule has 10 nitrogen and oxygen atoms in total. The number of benzene rings is 3. The van der Waals surface area contributed by atoms with Crippen LogP contribution in [0.1, 0.15) is 0 Å². The van der Waals surface area contributed by atoms with Crippen LogP contribution in [0.5, 0.6) is 0 Å². The maximum absolute atomic E-state index is 6.35. The first-order valence-electron chi connectivity index (χ1n) is 9.76. The van der Waals surface area contributed by atoms with E-state index in [-0.39, 0.29) is 0 Å². The maximum atomic E-state index is 6.35. The third-order valence-corrected chi connectivity index (χ3v) is 5.15. The lowest BCUT2D eigenvalue weighted by molar-refractivity contribution is 1.09. The molecule has 0 fully saturated rings. The minimum absolute atomic E-state index is 0.350. The molecule has 3 aromatic carbocycles. The lowest BCUT2D eigenvalue weighted by atomic mass is 10.0. The Balaban J connectivity index is 1.63. The third-order valence-electron chi connectivity index (χ3n) is 5.15. The van der Waals surface area contributed by atoms with Gasteiger partial charge in [-0.25, -0.2) is 9.97 Å². The number of aromatic nitrogens is 6. The van der Waals surface area contributed by atoms with Crippen LogP contribution < -0.4 is 22.9 Å². The summed E-state index contributed by atoms with van der Waals surface area (Å²) in [6.07, 6.45) is 0. The Hall–Kier alpha value is -4.86. The van der Waals surface area contributed by atoms with E-state index in [1.54, 1.807) is 24.3 Å². The first-order chi connectivity index (χ1) is 15.5. The molecular formula is C22H20N10. The number of nitrogens with one attached hydrogen (secondary N) is 2. The van der Waals surface area contributed by atoms with Crippen molar-refractivity contribution in [2.24, 2.45) is 0 Å². The van der Waals surface area contributed by atoms with Crippen molar-refractivity contribution in [2.45, 2.75) is 0 Å². The largest absolute Gasteiger partial charge is 0.398 e. The number of hydrogen-bond donors (Lipinski definition) is 6. The summed E-state index contributed by atoms with van der Waals surface area (Å²) in [5.74, 6) is 1.83. The van der Waals surface area contributed by atoms with E-state index in [1.807, 2.05) is 36.4 Å². The molecule has 0 aliphatic heterocycles. The molecule has 0 radical (unpaired) electrons. The van der Waals surface area contributed by atoms with Crippen molar-refractivity contribution in [3.8, 4) is 45.6 Å². The van der Waals surface area contributed by atoms with Gasteiger partial charge in [-0.2, -0.15) is 10.2 Å². The van der Waals surface area contributed by atoms with Gasteiger partial charge in [-0.05, 0) is 36.4 Å². The molecule has 0 amide bonds. The number of nitrogen functional groups attached to an aromatic ring is 4. The number of hydrogen-bond acceptors (Lipinski definition) is 8. The van der Waals surface area contributed by atoms with Gasteiger partial charge in [0.25, 0.3) is 0 Å². The van der Waals surface area contributed by atoms with E-state index < -0.39 is 0 Å². The summed E-state index contributed by atoms with van der Waals surface area (Å²) < 4.78 is 0. The number of nitrogens with zero attached hydrogens (tertiary/aromatic N) is 4. The second-order valence-electron chi connectivity index (χ2n) is 7.18. The molecule has 0 saturated heterocycles. The summed E-state index contributed by atoms with van der Waals surface area (Å²) >= 11 is 0. The number of anilines is 4. The van der Waals surface area contributed by atoms with E-state index in [1.165, 1.54) is 0 Å². The first-order valence-corrected chi connectivity index (χ1v) is 9.76. The molecule has 2 aromatic heterocycles. The zero-order valence-corrected chi connectivity index (χ0v) is 16.9. The molecular weight excluding hydrogens is 404 g/mol. The van der Waals surface area contributed by atoms with Gasteiger partial charge in [-0.3, -0.25) is 10.2 Å². The first kappa shape index (κ1) is 19.1. The molecule has 2 heterocycles. The molecule has 10 N–H and O–H groups in total. The number of aromatic amines is 2. The van der Waals surface area contributed by atoms with Crippen LogP contribution >= 0.6 is 0 Å². The standard InChI is InChI=1S/C22H20N10/c23-14-7-3-1-5-11(14)19-27-21(31-29-19)13-9-10-16(25)18(26)17(13)22-28-20(30-32-22)12-6-2-4-8-15(12)24/h1-10H,23-26H2,(H,27,29,31)(H,28,30,32). The van der Waals surface area contributed by atoms with Gasteiger partial charge >= 0.3 is 0 Å². The van der Waals surface area contributed by atoms with Gasteiger partial charge in [0.1, 0.15) is 0 Å². The van der Waals surface area contributed by atoms with E-state index in [9.17, 15) is 0 Å². The zero-order chi connectivity index (χ0) is 22.2. The molecule has 5 rings (SSSR count). The maximum Gasteiger partial charge on any atom is 0.183 e. The van der Waals surface area contributed by atoms with Crippen LogP contribution in [-0.4, -0.2) is 30.4 Å². The van der Waals surface area contributed by atoms with Gasteiger partial charge in [-0.15, -0.1) is 0 Å². The molecule has 10 heteroatoms. The van der Waals surface area contributed by atoms with Crippen LogP contribution in [-0.2, 0) is 0 Å². The summed E-state index contributed by atoms with van der Waals surface area (Å²) in [6.45, 7) is 0. The minimum atomic E-state index is 0.350. The normalized spacial score (nSPS) is 11.0. The molecule has 0 spiro atoms. The molecule has 0 aliphatic carbocycles. The highest BCUT2D eigenvalue weighted by Gasteiger charge is 2.21. The highest BCUT2D eigenvalue weighted by molar-refractivity contribution is 5.93. The fourth-order valence-electron chi connectivity index (χ4n) is 3.49. The molecule has 5 aromatic rings. The van der Waals surface area contributed by atoms with Crippen molar-refractivity contribution >= 4 is 22.7 Å². The van der Waals surface area contributed by atoms with Crippen molar-refractivity contribution in [3.05, 3.63) is 60.7 Å². The van der Waals surface area contributed by atoms with Crippen molar-refractivity contribution in [1.29, 1.82) is 0 Å². The second-order valence-corrected chi connectivity index (χ2v) is 7.18. The highest BCUT2D eigenvalue weighted by Crippen LogP contribution is 2.38. The number of nitrogens with two attached hydrogens (primary N) is 4. The predicted octanol–water partition coefficient (Wildman–Crippen LogP) is 2.92. The molecule has 0 saturated carbocycles. The SMILES string of the molecule is Nc1ccccc1-c1n[nH]c(-c2ccc(N)c(N)c2-c2nc(-c3ccccc3N)n[nH]2)n1. The minimum Gasteiger partial charge on any atom is -0.398 e. The molecule has 158 valence electrons. The van der Waals surface area contributed by atoms with Gasteiger partial charge in [0.15, 0.2) is 23.3 Å². The zero-order valence-electron chi connectivity index (χ0n) is 16.9. The summed E-state index contributed by atoms with van der Waals surface area (Å²) in [4.78, 5) is 9.24. The average molecular weight is 424 g/mol. The van der Waals surface area contributed by atoms with E-state index in [0.29, 0.717) is 62.7 Å². The lowest BCUT2D eigenvalue weighted by Crippen LogP contribution is -2.01. The van der Waals surface area contributed by atoms with Crippen molar-refractivity contribution in [1.82, 2.24) is 30.4 Å². The van der Waals surface area contributed by atoms with E-state index in [0.717, 1.165) is 5.56 Å². The predicted molar refractivity (Wildman–Crippen MR) is 126 cm³/mol. The third kappa shape index (κ3) is 3.16. The molecule has 0 bridgehead atoms. The van der Waals surface area contributed by atoms with Gasteiger partial charge in [-0.1, -0.05) is 24.3 Å². The average Bonchev–Trinajstić information content (AvgIpc) is 3.46. The Bertz CT molecular complexity index is 1430. The Morgan fingerprint density at radius 3 is 1.66 bits per heavy atom. The Labute approximate surface area is 182 Å². The van der Waals surface area contributed by atoms with E-state index >= 15 is 0 Å². The van der Waals surface area contributed by atoms with Crippen LogP contribution in [0, 0.1) is 0 Å². The number of rotatable bonds is 4. The quantitative estimate of drug-likeness (QED) is 0.237. The topological polar surface area (TPSA) is 187 Å². The van der Waals surface area contributed by atoms with Crippen LogP contribution in [0.25, 0.3) is 45.6 Å². The van der Waals surface area contributed by atoms with Crippen molar-refractivity contribution in [3.63, 3.8) is 0 Å². The fraction of sp³-hybridized carbons (Fsp3) is 0. The summed E-state index contributed by atoms with van der Waals surface area (Å²) in [7, 11) is 0. The number of H-pyrrole nitrogens is 2. The summed E-state index contributed by atoms with van der Waals surface area (Å²) in [5.41, 5.74) is 29.2. The smallest absolute Gasteiger partial charge is 0.183 e. The fourth-order valence-corrected chi connectivity index (χ4v) is 3.49. The van der Waals surface area contributed by atoms with Gasteiger partial charge < -0.3 is 22.9 Å². The van der Waals surface area contributed by atoms with Crippen LogP contribution in [0.4, 0.5) is 22.7 Å². The summed E-state index contributed by atoms with van der Waals surface area (Å²) in [5, 5.41) is 14.5. The van der Waals surface area contributed by atoms with Crippen molar-refractivity contribution < 1.29 is 0 Å². The molecule has 32 heavy (non-hydrogen) atoms. The van der Waals surface area contributed by atoms with E-state index in [4.69, 9.17) is 22.9 Å². The second kappa shape index (κ2) is 7.43. The monoisotopic (exact) mass is 424 g/mol. The Morgan fingerprint density at radius 2 is 1.06 bits per heavy atom. The highest BCUT2D eigenvalue weighted by atomic mass is 15.2. The van der Waals surface area contributed by atoms with Gasteiger partial charge in [0.05, 0.1) is 16.9 Å². The molecule has 0 atom stereocenters. The van der Waals surface area contributed by atoms with Crippen LogP contribution in [0.2, 0.25) is 0 Å². The Morgan fingerprint density at radius 1 is 0.531 bits per heavy atom. The van der Waals surface area contributed by atoms with Crippen LogP contribution in [0.3, 0.4) is 0 Å². The van der Waals surface area contributed by atoms with E-state index in [2.05, 4.69) is 30.4 Å². The molecule has 0 unspecified atom stereocenters. The summed E-state index contributed by atoms with van der Waals surface area (Å²) in [6, 6.07) is 18.2. The van der Waals surface area contributed by atoms with Crippen LogP contribution in [0.15, 0.2) is 60.7 Å². The van der Waals surface area contributed by atoms with Gasteiger partial charge in [0.2, 0.25) is 0 Å². The number of para-hydroxylation sites is 2. The van der Waals surface area contributed by atoms with Crippen molar-refractivity contribution in [2.75, 3.05) is 22.9 Å². The molecule has 0 aliphatic rings. The Kier molecular flexibility index (Phi) is 4.44. The van der Waals surface area contributed by atoms with Gasteiger partial charge in [0, 0.05) is 28.1 Å². The lowest BCUT2D eigenvalue weighted by Gasteiger charge is -2.10.